The number of aliphatic carboxylic acids is 1. The minimum atomic E-state index is -1.22. The number of carbonyl (C=O) groups is 2. The first-order valence-electron chi connectivity index (χ1n) is 7.08. The molecule has 2 aromatic carbocycles. The van der Waals surface area contributed by atoms with E-state index in [1.165, 1.54) is 12.1 Å². The number of hydrogen-bond acceptors (Lipinski definition) is 3. The van der Waals surface area contributed by atoms with E-state index in [1.54, 1.807) is 0 Å². The van der Waals surface area contributed by atoms with Crippen LogP contribution in [0.15, 0.2) is 59.0 Å². The monoisotopic (exact) mass is 310 g/mol. The molecule has 0 amide bonds. The van der Waals surface area contributed by atoms with Gasteiger partial charge in [0, 0.05) is 0 Å². The van der Waals surface area contributed by atoms with Crippen molar-refractivity contribution in [2.75, 3.05) is 0 Å². The molecular weight excluding hydrogens is 296 g/mol. The topological polar surface area (TPSA) is 87.7 Å². The molecule has 5 heteroatoms. The zero-order chi connectivity index (χ0) is 16.4. The fourth-order valence-corrected chi connectivity index (χ4v) is 2.66. The highest BCUT2D eigenvalue weighted by atomic mass is 16.4. The van der Waals surface area contributed by atoms with E-state index in [0.717, 1.165) is 16.3 Å². The summed E-state index contributed by atoms with van der Waals surface area (Å²) >= 11 is 0. The van der Waals surface area contributed by atoms with E-state index in [1.807, 2.05) is 42.5 Å². The second kappa shape index (κ2) is 5.96. The van der Waals surface area contributed by atoms with E-state index in [-0.39, 0.29) is 17.9 Å². The fraction of sp³-hybridized carbons (Fsp3) is 0.111. The van der Waals surface area contributed by atoms with Crippen molar-refractivity contribution >= 4 is 22.7 Å². The summed E-state index contributed by atoms with van der Waals surface area (Å²) in [5.41, 5.74) is 0.878. The lowest BCUT2D eigenvalue weighted by molar-refractivity contribution is -0.139. The summed E-state index contributed by atoms with van der Waals surface area (Å²) in [6.07, 6.45) is 0.225. The molecule has 1 unspecified atom stereocenters. The number of carboxylic acid groups (broad SMARTS) is 2. The van der Waals surface area contributed by atoms with Crippen molar-refractivity contribution < 1.29 is 24.2 Å². The molecule has 0 saturated carbocycles. The van der Waals surface area contributed by atoms with Crippen molar-refractivity contribution in [3.05, 3.63) is 71.7 Å². The number of furan rings is 1. The Kier molecular flexibility index (Phi) is 3.85. The molecule has 23 heavy (non-hydrogen) atoms. The van der Waals surface area contributed by atoms with Gasteiger partial charge in [-0.2, -0.15) is 0 Å². The highest BCUT2D eigenvalue weighted by molar-refractivity contribution is 5.87. The SMILES string of the molecule is O=C(O)c1ccc(C(Cc2cccc3ccccc23)C(=O)O)o1. The third kappa shape index (κ3) is 2.94. The summed E-state index contributed by atoms with van der Waals surface area (Å²) in [5, 5.41) is 20.4. The zero-order valence-corrected chi connectivity index (χ0v) is 12.1. The molecule has 0 bridgehead atoms. The summed E-state index contributed by atoms with van der Waals surface area (Å²) < 4.78 is 5.17. The molecule has 2 N–H and O–H groups in total. The Hall–Kier alpha value is -3.08. The Morgan fingerprint density at radius 1 is 0.957 bits per heavy atom. The van der Waals surface area contributed by atoms with Gasteiger partial charge in [0.05, 0.1) is 0 Å². The number of rotatable bonds is 5. The van der Waals surface area contributed by atoms with E-state index in [4.69, 9.17) is 9.52 Å². The van der Waals surface area contributed by atoms with Gasteiger partial charge in [-0.05, 0) is 34.9 Å². The first-order valence-corrected chi connectivity index (χ1v) is 7.08. The number of fused-ring (bicyclic) bond motifs is 1. The van der Waals surface area contributed by atoms with Crippen LogP contribution >= 0.6 is 0 Å². The van der Waals surface area contributed by atoms with E-state index in [9.17, 15) is 14.7 Å². The largest absolute Gasteiger partial charge is 0.481 e. The second-order valence-corrected chi connectivity index (χ2v) is 5.24. The molecule has 0 radical (unpaired) electrons. The van der Waals surface area contributed by atoms with Crippen molar-refractivity contribution in [3.63, 3.8) is 0 Å². The number of aromatic carboxylic acids is 1. The molecule has 1 atom stereocenters. The van der Waals surface area contributed by atoms with Crippen LogP contribution in [0.2, 0.25) is 0 Å². The Morgan fingerprint density at radius 2 is 1.70 bits per heavy atom. The summed E-state index contributed by atoms with van der Waals surface area (Å²) in [6, 6.07) is 16.1. The lowest BCUT2D eigenvalue weighted by atomic mass is 9.93. The van der Waals surface area contributed by atoms with Crippen LogP contribution in [0.1, 0.15) is 27.8 Å². The summed E-state index contributed by atoms with van der Waals surface area (Å²) in [4.78, 5) is 22.5. The van der Waals surface area contributed by atoms with Gasteiger partial charge < -0.3 is 14.6 Å². The molecule has 5 nitrogen and oxygen atoms in total. The van der Waals surface area contributed by atoms with Crippen LogP contribution < -0.4 is 0 Å². The number of carboxylic acids is 2. The third-order valence-electron chi connectivity index (χ3n) is 3.78. The van der Waals surface area contributed by atoms with E-state index in [2.05, 4.69) is 0 Å². The van der Waals surface area contributed by atoms with Crippen molar-refractivity contribution in [3.8, 4) is 0 Å². The normalized spacial score (nSPS) is 12.2. The van der Waals surface area contributed by atoms with Crippen molar-refractivity contribution in [2.45, 2.75) is 12.3 Å². The molecule has 0 saturated heterocycles. The van der Waals surface area contributed by atoms with E-state index < -0.39 is 17.9 Å². The van der Waals surface area contributed by atoms with Crippen molar-refractivity contribution in [2.24, 2.45) is 0 Å². The van der Waals surface area contributed by atoms with Gasteiger partial charge in [-0.3, -0.25) is 4.79 Å². The summed E-state index contributed by atoms with van der Waals surface area (Å²) in [5.74, 6) is -3.32. The van der Waals surface area contributed by atoms with Crippen molar-refractivity contribution in [1.82, 2.24) is 0 Å². The van der Waals surface area contributed by atoms with Crippen LogP contribution in [0.4, 0.5) is 0 Å². The summed E-state index contributed by atoms with van der Waals surface area (Å²) in [7, 11) is 0. The smallest absolute Gasteiger partial charge is 0.371 e. The standard InChI is InChI=1S/C18H14O5/c19-17(20)14(15-8-9-16(23-15)18(21)22)10-12-6-3-5-11-4-1-2-7-13(11)12/h1-9,14H,10H2,(H,19,20)(H,21,22). The highest BCUT2D eigenvalue weighted by Crippen LogP contribution is 2.27. The van der Waals surface area contributed by atoms with Gasteiger partial charge in [-0.1, -0.05) is 42.5 Å². The molecular formula is C18H14O5. The maximum absolute atomic E-state index is 11.6. The predicted molar refractivity (Wildman–Crippen MR) is 83.7 cm³/mol. The van der Waals surface area contributed by atoms with Gasteiger partial charge in [-0.25, -0.2) is 4.79 Å². The highest BCUT2D eigenvalue weighted by Gasteiger charge is 2.25. The molecule has 0 spiro atoms. The lowest BCUT2D eigenvalue weighted by Gasteiger charge is -2.12. The molecule has 0 aliphatic carbocycles. The molecule has 3 rings (SSSR count). The van der Waals surface area contributed by atoms with Gasteiger partial charge in [0.1, 0.15) is 11.7 Å². The molecule has 116 valence electrons. The van der Waals surface area contributed by atoms with Crippen LogP contribution in [-0.4, -0.2) is 22.2 Å². The Bertz CT molecular complexity index is 873. The zero-order valence-electron chi connectivity index (χ0n) is 12.1. The minimum absolute atomic E-state index is 0.142. The van der Waals surface area contributed by atoms with Crippen LogP contribution in [0.25, 0.3) is 10.8 Å². The molecule has 0 fully saturated rings. The molecule has 0 aliphatic rings. The molecule has 1 heterocycles. The maximum atomic E-state index is 11.6. The van der Waals surface area contributed by atoms with Gasteiger partial charge in [0.25, 0.3) is 0 Å². The first kappa shape index (κ1) is 14.8. The molecule has 3 aromatic rings. The number of benzene rings is 2. The van der Waals surface area contributed by atoms with Gasteiger partial charge in [0.2, 0.25) is 5.76 Å². The second-order valence-electron chi connectivity index (χ2n) is 5.24. The maximum Gasteiger partial charge on any atom is 0.371 e. The van der Waals surface area contributed by atoms with Crippen LogP contribution in [-0.2, 0) is 11.2 Å². The number of hydrogen-bond donors (Lipinski definition) is 2. The van der Waals surface area contributed by atoms with Crippen LogP contribution in [0.5, 0.6) is 0 Å². The predicted octanol–water partition coefficient (Wildman–Crippen LogP) is 3.54. The first-order chi connectivity index (χ1) is 11.1. The van der Waals surface area contributed by atoms with Gasteiger partial charge in [0.15, 0.2) is 0 Å². The van der Waals surface area contributed by atoms with Gasteiger partial charge >= 0.3 is 11.9 Å². The van der Waals surface area contributed by atoms with Crippen LogP contribution in [0, 0.1) is 0 Å². The Balaban J connectivity index is 1.98. The Labute approximate surface area is 131 Å². The quantitative estimate of drug-likeness (QED) is 0.752. The average Bonchev–Trinajstić information content (AvgIpc) is 3.02. The van der Waals surface area contributed by atoms with Crippen LogP contribution in [0.3, 0.4) is 0 Å². The lowest BCUT2D eigenvalue weighted by Crippen LogP contribution is -2.14. The molecule has 0 aliphatic heterocycles. The van der Waals surface area contributed by atoms with Gasteiger partial charge in [-0.15, -0.1) is 0 Å². The molecule has 1 aromatic heterocycles. The average molecular weight is 310 g/mol. The van der Waals surface area contributed by atoms with E-state index >= 15 is 0 Å². The van der Waals surface area contributed by atoms with Crippen molar-refractivity contribution in [1.29, 1.82) is 0 Å². The fourth-order valence-electron chi connectivity index (χ4n) is 2.66. The third-order valence-corrected chi connectivity index (χ3v) is 3.78. The van der Waals surface area contributed by atoms with E-state index in [0.29, 0.717) is 0 Å². The minimum Gasteiger partial charge on any atom is -0.481 e. The summed E-state index contributed by atoms with van der Waals surface area (Å²) in [6.45, 7) is 0. The Morgan fingerprint density at radius 3 is 2.39 bits per heavy atom.